The minimum absolute atomic E-state index is 0.0857. The van der Waals surface area contributed by atoms with Gasteiger partial charge in [0.05, 0.1) is 24.7 Å². The number of amides is 1. The summed E-state index contributed by atoms with van der Waals surface area (Å²) in [6, 6.07) is 1.13. The summed E-state index contributed by atoms with van der Waals surface area (Å²) >= 11 is 1.30. The number of carbonyl (C=O) groups excluding carboxylic acids is 2. The van der Waals surface area contributed by atoms with Crippen molar-refractivity contribution in [2.75, 3.05) is 20.0 Å². The second kappa shape index (κ2) is 11.0. The summed E-state index contributed by atoms with van der Waals surface area (Å²) in [5.41, 5.74) is 2.00. The largest absolute Gasteiger partial charge is 0.502 e. The average molecular weight is 538 g/mol. The van der Waals surface area contributed by atoms with Gasteiger partial charge < -0.3 is 45.1 Å². The number of methoxy groups -OCH3 is 1. The van der Waals surface area contributed by atoms with E-state index in [1.54, 1.807) is 18.4 Å². The predicted octanol–water partition coefficient (Wildman–Crippen LogP) is -0.130. The van der Waals surface area contributed by atoms with Crippen LogP contribution in [0.2, 0.25) is 0 Å². The van der Waals surface area contributed by atoms with Crippen molar-refractivity contribution in [3.05, 3.63) is 39.8 Å². The van der Waals surface area contributed by atoms with Crippen molar-refractivity contribution in [2.24, 2.45) is 0 Å². The van der Waals surface area contributed by atoms with E-state index in [0.29, 0.717) is 34.4 Å². The Hall–Kier alpha value is -2.61. The number of aryl methyl sites for hydroxylation is 1. The number of phenols is 1. The summed E-state index contributed by atoms with van der Waals surface area (Å²) in [7, 11) is 1.37. The molecule has 37 heavy (non-hydrogen) atoms. The van der Waals surface area contributed by atoms with Gasteiger partial charge in [0, 0.05) is 18.4 Å². The van der Waals surface area contributed by atoms with Crippen LogP contribution in [0.4, 0.5) is 0 Å². The monoisotopic (exact) mass is 537 g/mol. The van der Waals surface area contributed by atoms with Gasteiger partial charge in [0.1, 0.15) is 24.4 Å². The van der Waals surface area contributed by atoms with Crippen LogP contribution in [-0.2, 0) is 20.7 Å². The molecule has 1 aromatic rings. The molecule has 1 amide bonds. The van der Waals surface area contributed by atoms with E-state index in [1.807, 2.05) is 0 Å². The number of thioether (sulfide) groups is 1. The Kier molecular flexibility index (Phi) is 8.17. The fraction of sp³-hybridized carbons (Fsp3) is 0.520. The molecule has 12 heteroatoms. The molecule has 1 saturated heterocycles. The maximum Gasteiger partial charge on any atom is 0.229 e. The van der Waals surface area contributed by atoms with Gasteiger partial charge in [0.2, 0.25) is 17.9 Å². The van der Waals surface area contributed by atoms with E-state index >= 15 is 0 Å². The molecule has 0 aromatic heterocycles. The minimum atomic E-state index is -1.67. The average Bonchev–Trinajstić information content (AvgIpc) is 3.00. The number of ketones is 1. The van der Waals surface area contributed by atoms with Crippen molar-refractivity contribution in [2.45, 2.75) is 62.4 Å². The molecule has 1 unspecified atom stereocenters. The van der Waals surface area contributed by atoms with E-state index in [4.69, 9.17) is 14.2 Å². The van der Waals surface area contributed by atoms with E-state index in [-0.39, 0.29) is 23.2 Å². The van der Waals surface area contributed by atoms with Crippen LogP contribution in [0.5, 0.6) is 17.2 Å². The fourth-order valence-corrected chi connectivity index (χ4v) is 5.60. The van der Waals surface area contributed by atoms with Gasteiger partial charge in [0.15, 0.2) is 17.3 Å². The first kappa shape index (κ1) is 27.4. The number of rotatable bonds is 6. The number of aliphatic hydroxyl groups excluding tert-OH is 4. The van der Waals surface area contributed by atoms with Crippen LogP contribution < -0.4 is 14.8 Å². The molecule has 1 aliphatic heterocycles. The Morgan fingerprint density at radius 1 is 1.24 bits per heavy atom. The number of hydrogen-bond donors (Lipinski definition) is 6. The molecule has 3 aliphatic rings. The van der Waals surface area contributed by atoms with E-state index < -0.39 is 55.0 Å². The molecule has 202 valence electrons. The predicted molar refractivity (Wildman–Crippen MR) is 132 cm³/mol. The third kappa shape index (κ3) is 5.09. The molecule has 1 heterocycles. The van der Waals surface area contributed by atoms with Gasteiger partial charge in [-0.1, -0.05) is 6.08 Å². The van der Waals surface area contributed by atoms with Crippen LogP contribution in [0, 0.1) is 0 Å². The van der Waals surface area contributed by atoms with Gasteiger partial charge in [-0.2, -0.15) is 0 Å². The Balaban J connectivity index is 1.79. The molecule has 2 aliphatic carbocycles. The van der Waals surface area contributed by atoms with Gasteiger partial charge >= 0.3 is 0 Å². The molecule has 7 atom stereocenters. The second-order valence-electron chi connectivity index (χ2n) is 9.16. The van der Waals surface area contributed by atoms with Gasteiger partial charge in [-0.15, -0.1) is 11.8 Å². The van der Waals surface area contributed by atoms with E-state index in [9.17, 15) is 35.1 Å². The summed E-state index contributed by atoms with van der Waals surface area (Å²) in [5, 5.41) is 54.1. The maximum atomic E-state index is 12.7. The molecule has 4 rings (SSSR count). The van der Waals surface area contributed by atoms with Crippen molar-refractivity contribution < 1.29 is 49.3 Å². The standard InChI is InChI=1S/C25H31NO10S/c1-10(28)26-14-5-4-11-6-16(35-25-23(33)22(32)20(30)17(9-27)36-25)21(31)24(34-2)19(11)13-8-18(37-3)15(29)7-12(13)14/h6-8,13-14,17,20,22-23,25,27,30-33H,4-5,9H2,1-3H3,(H,26,28)/t13?,14-,17+,20+,22-,23+,25-/m0/s1. The molecule has 6 N–H and O–H groups in total. The first-order chi connectivity index (χ1) is 17.6. The number of aliphatic hydroxyl groups is 4. The summed E-state index contributed by atoms with van der Waals surface area (Å²) in [6.07, 6.45) is -1.58. The highest BCUT2D eigenvalue weighted by atomic mass is 32.2. The number of aromatic hydroxyl groups is 1. The number of allylic oxidation sites excluding steroid dienone is 3. The lowest BCUT2D eigenvalue weighted by molar-refractivity contribution is -0.277. The number of nitrogens with one attached hydrogen (secondary N) is 1. The molecule has 0 saturated carbocycles. The summed E-state index contributed by atoms with van der Waals surface area (Å²) in [5.74, 6) is -1.30. The Morgan fingerprint density at radius 3 is 2.59 bits per heavy atom. The number of hydrogen-bond acceptors (Lipinski definition) is 11. The van der Waals surface area contributed by atoms with Crippen LogP contribution >= 0.6 is 11.8 Å². The lowest BCUT2D eigenvalue weighted by atomic mass is 9.82. The van der Waals surface area contributed by atoms with Crippen LogP contribution in [-0.4, -0.2) is 93.9 Å². The topological polar surface area (TPSA) is 175 Å². The lowest BCUT2D eigenvalue weighted by Crippen LogP contribution is -2.60. The Morgan fingerprint density at radius 2 is 1.97 bits per heavy atom. The van der Waals surface area contributed by atoms with Crippen molar-refractivity contribution in [3.63, 3.8) is 0 Å². The van der Waals surface area contributed by atoms with Crippen LogP contribution in [0.15, 0.2) is 28.7 Å². The molecular formula is C25H31NO10S. The highest BCUT2D eigenvalue weighted by Gasteiger charge is 2.45. The Bertz CT molecular complexity index is 1130. The highest BCUT2D eigenvalue weighted by molar-refractivity contribution is 8.03. The molecule has 1 fully saturated rings. The zero-order chi connectivity index (χ0) is 27.0. The first-order valence-corrected chi connectivity index (χ1v) is 13.0. The number of fused-ring (bicyclic) bond motifs is 3. The molecular weight excluding hydrogens is 506 g/mol. The summed E-state index contributed by atoms with van der Waals surface area (Å²) in [6.45, 7) is 0.773. The minimum Gasteiger partial charge on any atom is -0.502 e. The highest BCUT2D eigenvalue weighted by Crippen LogP contribution is 2.51. The van der Waals surface area contributed by atoms with Gasteiger partial charge in [-0.05, 0) is 42.4 Å². The SMILES string of the molecule is COc1c(O)c(O[C@H]2O[C@H](CO)[C@@H](O)[C@H](O)[C@H]2O)cc2c1C1C=C(SC)C(=O)C=C1[C@@H](NC(C)=O)CC2. The van der Waals surface area contributed by atoms with Crippen molar-refractivity contribution in [1.29, 1.82) is 0 Å². The molecule has 0 spiro atoms. The van der Waals surface area contributed by atoms with Gasteiger partial charge in [-0.3, -0.25) is 9.59 Å². The second-order valence-corrected chi connectivity index (χ2v) is 10.0. The molecule has 0 radical (unpaired) electrons. The number of ether oxygens (including phenoxy) is 3. The number of benzene rings is 1. The van der Waals surface area contributed by atoms with E-state index in [2.05, 4.69) is 5.32 Å². The quantitative estimate of drug-likeness (QED) is 0.285. The van der Waals surface area contributed by atoms with Crippen molar-refractivity contribution >= 4 is 23.5 Å². The van der Waals surface area contributed by atoms with Gasteiger partial charge in [-0.25, -0.2) is 0 Å². The van der Waals surface area contributed by atoms with Crippen LogP contribution in [0.3, 0.4) is 0 Å². The van der Waals surface area contributed by atoms with E-state index in [0.717, 1.165) is 0 Å². The summed E-state index contributed by atoms with van der Waals surface area (Å²) < 4.78 is 16.8. The number of carbonyl (C=O) groups is 2. The van der Waals surface area contributed by atoms with Crippen LogP contribution in [0.1, 0.15) is 30.4 Å². The van der Waals surface area contributed by atoms with Crippen molar-refractivity contribution in [3.8, 4) is 17.2 Å². The summed E-state index contributed by atoms with van der Waals surface area (Å²) in [4.78, 5) is 25.1. The Labute approximate surface area is 217 Å². The maximum absolute atomic E-state index is 12.7. The smallest absolute Gasteiger partial charge is 0.229 e. The fourth-order valence-electron chi connectivity index (χ4n) is 5.07. The molecule has 11 nitrogen and oxygen atoms in total. The lowest BCUT2D eigenvalue weighted by Gasteiger charge is -2.39. The van der Waals surface area contributed by atoms with E-state index in [1.165, 1.54) is 31.9 Å². The molecule has 0 bridgehead atoms. The zero-order valence-electron chi connectivity index (χ0n) is 20.6. The first-order valence-electron chi connectivity index (χ1n) is 11.8. The normalized spacial score (nSPS) is 31.3. The van der Waals surface area contributed by atoms with Crippen LogP contribution in [0.25, 0.3) is 0 Å². The number of phenolic OH excluding ortho intramolecular Hbond substituents is 1. The molecule has 1 aromatic carbocycles. The van der Waals surface area contributed by atoms with Crippen molar-refractivity contribution in [1.82, 2.24) is 5.32 Å². The van der Waals surface area contributed by atoms with Gasteiger partial charge in [0.25, 0.3) is 0 Å². The third-order valence-electron chi connectivity index (χ3n) is 6.87. The third-order valence-corrected chi connectivity index (χ3v) is 7.65. The zero-order valence-corrected chi connectivity index (χ0v) is 21.4.